The molecule has 5 nitrogen and oxygen atoms in total. The number of urea groups is 1. The predicted octanol–water partition coefficient (Wildman–Crippen LogP) is 5.68. The van der Waals surface area contributed by atoms with Crippen LogP contribution < -0.4 is 5.32 Å². The maximum absolute atomic E-state index is 13.2. The van der Waals surface area contributed by atoms with Crippen molar-refractivity contribution < 1.29 is 9.59 Å². The molecule has 2 aliphatic heterocycles. The van der Waals surface area contributed by atoms with Gasteiger partial charge in [0.25, 0.3) is 5.91 Å². The molecule has 2 heterocycles. The van der Waals surface area contributed by atoms with E-state index in [0.717, 1.165) is 30.8 Å². The van der Waals surface area contributed by atoms with Gasteiger partial charge in [0, 0.05) is 41.7 Å². The predicted molar refractivity (Wildman–Crippen MR) is 128 cm³/mol. The Morgan fingerprint density at radius 3 is 2.42 bits per heavy atom. The lowest BCUT2D eigenvalue weighted by Crippen LogP contribution is -2.54. The molecule has 2 aromatic carbocycles. The minimum absolute atomic E-state index is 0.0237. The molecule has 4 rings (SSSR count). The number of nitrogens with zero attached hydrogens (tertiary/aromatic N) is 2. The van der Waals surface area contributed by atoms with Gasteiger partial charge in [-0.25, -0.2) is 4.79 Å². The Balaban J connectivity index is 1.38. The first-order valence-corrected chi connectivity index (χ1v) is 12.1. The number of rotatable bonds is 3. The van der Waals surface area contributed by atoms with Crippen molar-refractivity contribution >= 4 is 41.0 Å². The van der Waals surface area contributed by atoms with Crippen molar-refractivity contribution in [1.29, 1.82) is 0 Å². The molecule has 164 valence electrons. The molecule has 1 N–H and O–H groups in total. The lowest BCUT2D eigenvalue weighted by atomic mass is 10.0. The summed E-state index contributed by atoms with van der Waals surface area (Å²) in [6.07, 6.45) is 1.54. The molecule has 2 aliphatic rings. The average Bonchev–Trinajstić information content (AvgIpc) is 3.16. The summed E-state index contributed by atoms with van der Waals surface area (Å²) in [5.74, 6) is 1.40. The second-order valence-corrected chi connectivity index (χ2v) is 10.3. The molecule has 2 aromatic rings. The fourth-order valence-electron chi connectivity index (χ4n) is 4.30. The first kappa shape index (κ1) is 22.0. The molecule has 0 saturated carbocycles. The minimum atomic E-state index is -0.241. The average molecular weight is 458 g/mol. The molecule has 0 aromatic heterocycles. The van der Waals surface area contributed by atoms with Crippen LogP contribution in [0.1, 0.15) is 48.5 Å². The van der Waals surface area contributed by atoms with Crippen LogP contribution in [0.5, 0.6) is 0 Å². The molecule has 0 aliphatic carbocycles. The van der Waals surface area contributed by atoms with Crippen LogP contribution in [-0.2, 0) is 0 Å². The number of carbonyl (C=O) groups excluding carboxylic acids is 2. The van der Waals surface area contributed by atoms with E-state index in [1.807, 2.05) is 45.8 Å². The summed E-state index contributed by atoms with van der Waals surface area (Å²) in [5, 5.41) is 3.58. The number of likely N-dealkylation sites (tertiary alicyclic amines) is 1. The molecular formula is C24H28ClN3O2S. The van der Waals surface area contributed by atoms with Gasteiger partial charge in [-0.3, -0.25) is 4.79 Å². The fourth-order valence-corrected chi connectivity index (χ4v) is 5.95. The van der Waals surface area contributed by atoms with Crippen LogP contribution in [0.2, 0.25) is 5.02 Å². The zero-order valence-electron chi connectivity index (χ0n) is 17.9. The molecule has 0 radical (unpaired) electrons. The Labute approximate surface area is 193 Å². The third-order valence-corrected chi connectivity index (χ3v) is 7.94. The lowest BCUT2D eigenvalue weighted by Gasteiger charge is -2.44. The number of thioether (sulfide) groups is 1. The molecule has 2 saturated heterocycles. The Hall–Kier alpha value is -2.18. The Morgan fingerprint density at radius 2 is 1.77 bits per heavy atom. The van der Waals surface area contributed by atoms with E-state index >= 15 is 0 Å². The largest absolute Gasteiger partial charge is 0.324 e. The second-order valence-electron chi connectivity index (χ2n) is 8.46. The SMILES string of the molecule is CC(C)c1ccc(NC(=O)N2CCC3(CC2)SCCN3C(=O)c2cccc(Cl)c2)cc1. The van der Waals surface area contributed by atoms with Gasteiger partial charge in [-0.1, -0.05) is 43.6 Å². The highest BCUT2D eigenvalue weighted by Gasteiger charge is 2.47. The van der Waals surface area contributed by atoms with Gasteiger partial charge >= 0.3 is 6.03 Å². The van der Waals surface area contributed by atoms with Gasteiger partial charge in [-0.15, -0.1) is 11.8 Å². The smallest absolute Gasteiger partial charge is 0.321 e. The van der Waals surface area contributed by atoms with E-state index in [1.54, 1.807) is 12.1 Å². The Kier molecular flexibility index (Phi) is 6.49. The first-order valence-electron chi connectivity index (χ1n) is 10.8. The van der Waals surface area contributed by atoms with E-state index in [2.05, 4.69) is 31.3 Å². The van der Waals surface area contributed by atoms with E-state index < -0.39 is 0 Å². The van der Waals surface area contributed by atoms with E-state index in [4.69, 9.17) is 11.6 Å². The van der Waals surface area contributed by atoms with Crippen molar-refractivity contribution in [3.8, 4) is 0 Å². The highest BCUT2D eigenvalue weighted by atomic mass is 35.5. The number of halogens is 1. The quantitative estimate of drug-likeness (QED) is 0.645. The van der Waals surface area contributed by atoms with Gasteiger partial charge in [-0.05, 0) is 54.7 Å². The lowest BCUT2D eigenvalue weighted by molar-refractivity contribution is 0.0585. The minimum Gasteiger partial charge on any atom is -0.324 e. The number of nitrogens with one attached hydrogen (secondary N) is 1. The highest BCUT2D eigenvalue weighted by molar-refractivity contribution is 8.00. The summed E-state index contributed by atoms with van der Waals surface area (Å²) in [6.45, 7) is 6.28. The number of anilines is 1. The van der Waals surface area contributed by atoms with E-state index in [-0.39, 0.29) is 16.8 Å². The summed E-state index contributed by atoms with van der Waals surface area (Å²) < 4.78 is 0. The molecule has 0 bridgehead atoms. The highest BCUT2D eigenvalue weighted by Crippen LogP contribution is 2.44. The Morgan fingerprint density at radius 1 is 1.06 bits per heavy atom. The zero-order chi connectivity index (χ0) is 22.0. The summed E-state index contributed by atoms with van der Waals surface area (Å²) in [4.78, 5) is 29.5. The summed E-state index contributed by atoms with van der Waals surface area (Å²) >= 11 is 7.93. The van der Waals surface area contributed by atoms with E-state index in [9.17, 15) is 9.59 Å². The molecule has 0 unspecified atom stereocenters. The molecule has 31 heavy (non-hydrogen) atoms. The summed E-state index contributed by atoms with van der Waals surface area (Å²) in [6, 6.07) is 15.1. The van der Waals surface area contributed by atoms with Gasteiger partial charge in [0.05, 0.1) is 4.87 Å². The van der Waals surface area contributed by atoms with E-state index in [0.29, 0.717) is 29.6 Å². The van der Waals surface area contributed by atoms with Crippen molar-refractivity contribution in [2.45, 2.75) is 37.5 Å². The topological polar surface area (TPSA) is 52.7 Å². The van der Waals surface area contributed by atoms with Crippen LogP contribution in [0.15, 0.2) is 48.5 Å². The van der Waals surface area contributed by atoms with Gasteiger partial charge in [0.15, 0.2) is 0 Å². The van der Waals surface area contributed by atoms with Gasteiger partial charge in [-0.2, -0.15) is 0 Å². The molecule has 0 atom stereocenters. The molecule has 2 fully saturated rings. The van der Waals surface area contributed by atoms with Crippen LogP contribution in [0.3, 0.4) is 0 Å². The number of hydrogen-bond acceptors (Lipinski definition) is 3. The third kappa shape index (κ3) is 4.70. The number of amides is 3. The fraction of sp³-hybridized carbons (Fsp3) is 0.417. The van der Waals surface area contributed by atoms with Crippen molar-refractivity contribution in [2.24, 2.45) is 0 Å². The maximum atomic E-state index is 13.2. The first-order chi connectivity index (χ1) is 14.9. The van der Waals surface area contributed by atoms with Gasteiger partial charge < -0.3 is 15.1 Å². The standard InChI is InChI=1S/C24H28ClN3O2S/c1-17(2)18-6-8-21(9-7-18)26-23(30)27-12-10-24(11-13-27)28(14-15-31-24)22(29)19-4-3-5-20(25)16-19/h3-9,16-17H,10-15H2,1-2H3,(H,26,30). The number of piperidine rings is 1. The van der Waals surface area contributed by atoms with E-state index in [1.165, 1.54) is 5.56 Å². The maximum Gasteiger partial charge on any atom is 0.321 e. The molecule has 1 spiro atoms. The van der Waals surface area contributed by atoms with Crippen LogP contribution in [0, 0.1) is 0 Å². The molecule has 7 heteroatoms. The number of hydrogen-bond donors (Lipinski definition) is 1. The van der Waals surface area contributed by atoms with Crippen LogP contribution in [0.25, 0.3) is 0 Å². The van der Waals surface area contributed by atoms with Crippen molar-refractivity contribution in [3.63, 3.8) is 0 Å². The normalized spacial score (nSPS) is 17.9. The molecule has 3 amide bonds. The zero-order valence-corrected chi connectivity index (χ0v) is 19.5. The Bertz CT molecular complexity index is 956. The third-order valence-electron chi connectivity index (χ3n) is 6.15. The second kappa shape index (κ2) is 9.13. The van der Waals surface area contributed by atoms with Crippen molar-refractivity contribution in [3.05, 3.63) is 64.7 Å². The molecular weight excluding hydrogens is 430 g/mol. The summed E-state index contributed by atoms with van der Waals surface area (Å²) in [7, 11) is 0. The van der Waals surface area contributed by atoms with Gasteiger partial charge in [0.2, 0.25) is 0 Å². The van der Waals surface area contributed by atoms with Crippen molar-refractivity contribution in [1.82, 2.24) is 9.80 Å². The van der Waals surface area contributed by atoms with Crippen molar-refractivity contribution in [2.75, 3.05) is 30.7 Å². The summed E-state index contributed by atoms with van der Waals surface area (Å²) in [5.41, 5.74) is 2.68. The van der Waals surface area contributed by atoms with Crippen LogP contribution in [-0.4, -0.2) is 52.0 Å². The van der Waals surface area contributed by atoms with Crippen LogP contribution in [0.4, 0.5) is 10.5 Å². The van der Waals surface area contributed by atoms with Crippen LogP contribution >= 0.6 is 23.4 Å². The van der Waals surface area contributed by atoms with Gasteiger partial charge in [0.1, 0.15) is 0 Å². The number of carbonyl (C=O) groups is 2. The monoisotopic (exact) mass is 457 g/mol. The number of benzene rings is 2.